The normalized spacial score (nSPS) is 16.3. The number of piperazine rings is 1. The van der Waals surface area contributed by atoms with Gasteiger partial charge in [0.15, 0.2) is 0 Å². The van der Waals surface area contributed by atoms with Crippen LogP contribution in [0, 0.1) is 0 Å². The second-order valence-corrected chi connectivity index (χ2v) is 5.85. The molecule has 2 aromatic heterocycles. The third-order valence-corrected chi connectivity index (χ3v) is 4.34. The predicted molar refractivity (Wildman–Crippen MR) is 89.0 cm³/mol. The van der Waals surface area contributed by atoms with Crippen molar-refractivity contribution in [3.05, 3.63) is 42.9 Å². The first-order chi connectivity index (χ1) is 10.8. The SMILES string of the molecule is CN1CCN(c2ccc(-c3cc4cncnc4[nH]3)cc2)CC1. The Kier molecular flexibility index (Phi) is 3.27. The molecule has 0 amide bonds. The first-order valence-electron chi connectivity index (χ1n) is 7.62. The van der Waals surface area contributed by atoms with E-state index in [-0.39, 0.29) is 0 Å². The van der Waals surface area contributed by atoms with Crippen molar-refractivity contribution in [3.8, 4) is 11.3 Å². The number of hydrogen-bond donors (Lipinski definition) is 1. The topological polar surface area (TPSA) is 48.1 Å². The van der Waals surface area contributed by atoms with E-state index in [4.69, 9.17) is 0 Å². The molecule has 5 nitrogen and oxygen atoms in total. The van der Waals surface area contributed by atoms with Gasteiger partial charge in [-0.25, -0.2) is 9.97 Å². The lowest BCUT2D eigenvalue weighted by Gasteiger charge is -2.34. The van der Waals surface area contributed by atoms with E-state index in [9.17, 15) is 0 Å². The summed E-state index contributed by atoms with van der Waals surface area (Å²) in [6, 6.07) is 10.9. The van der Waals surface area contributed by atoms with Crippen molar-refractivity contribution in [2.75, 3.05) is 38.1 Å². The predicted octanol–water partition coefficient (Wildman–Crippen LogP) is 2.38. The molecule has 1 fully saturated rings. The molecule has 0 spiro atoms. The lowest BCUT2D eigenvalue weighted by molar-refractivity contribution is 0.313. The highest BCUT2D eigenvalue weighted by Crippen LogP contribution is 2.25. The Hall–Kier alpha value is -2.40. The fourth-order valence-electron chi connectivity index (χ4n) is 2.94. The fraction of sp³-hybridized carbons (Fsp3) is 0.294. The van der Waals surface area contributed by atoms with Crippen molar-refractivity contribution < 1.29 is 0 Å². The molecule has 0 aliphatic carbocycles. The zero-order valence-electron chi connectivity index (χ0n) is 12.7. The van der Waals surface area contributed by atoms with Gasteiger partial charge in [0.25, 0.3) is 0 Å². The van der Waals surface area contributed by atoms with E-state index >= 15 is 0 Å². The van der Waals surface area contributed by atoms with Crippen LogP contribution in [-0.4, -0.2) is 53.1 Å². The number of nitrogens with one attached hydrogen (secondary N) is 1. The molecule has 1 aliphatic rings. The van der Waals surface area contributed by atoms with Crippen molar-refractivity contribution in [1.82, 2.24) is 19.9 Å². The molecule has 22 heavy (non-hydrogen) atoms. The van der Waals surface area contributed by atoms with Crippen LogP contribution in [0.4, 0.5) is 5.69 Å². The second-order valence-electron chi connectivity index (χ2n) is 5.85. The van der Waals surface area contributed by atoms with Crippen LogP contribution in [0.3, 0.4) is 0 Å². The summed E-state index contributed by atoms with van der Waals surface area (Å²) in [7, 11) is 2.18. The second kappa shape index (κ2) is 5.42. The molecule has 1 N–H and O–H groups in total. The third-order valence-electron chi connectivity index (χ3n) is 4.34. The number of aromatic nitrogens is 3. The van der Waals surface area contributed by atoms with Gasteiger partial charge in [-0.2, -0.15) is 0 Å². The summed E-state index contributed by atoms with van der Waals surface area (Å²) in [6.45, 7) is 4.44. The van der Waals surface area contributed by atoms with Crippen LogP contribution >= 0.6 is 0 Å². The Bertz CT molecular complexity index is 736. The third kappa shape index (κ3) is 2.44. The molecule has 0 radical (unpaired) electrons. The van der Waals surface area contributed by atoms with Crippen molar-refractivity contribution in [3.63, 3.8) is 0 Å². The number of rotatable bonds is 2. The van der Waals surface area contributed by atoms with Crippen molar-refractivity contribution in [2.45, 2.75) is 0 Å². The molecule has 112 valence electrons. The largest absolute Gasteiger partial charge is 0.369 e. The van der Waals surface area contributed by atoms with Gasteiger partial charge in [0, 0.05) is 49.1 Å². The number of aromatic amines is 1. The monoisotopic (exact) mass is 293 g/mol. The lowest BCUT2D eigenvalue weighted by Crippen LogP contribution is -2.44. The number of H-pyrrole nitrogens is 1. The Balaban J connectivity index is 1.58. The minimum atomic E-state index is 0.883. The maximum atomic E-state index is 4.25. The van der Waals surface area contributed by atoms with Crippen LogP contribution in [0.25, 0.3) is 22.3 Å². The first kappa shape index (κ1) is 13.3. The Labute approximate surface area is 129 Å². The van der Waals surface area contributed by atoms with Crippen LogP contribution in [0.1, 0.15) is 0 Å². The molecular weight excluding hydrogens is 274 g/mol. The zero-order valence-corrected chi connectivity index (χ0v) is 12.7. The molecule has 0 atom stereocenters. The number of benzene rings is 1. The van der Waals surface area contributed by atoms with Gasteiger partial charge >= 0.3 is 0 Å². The number of likely N-dealkylation sites (N-methyl/N-ethyl adjacent to an activating group) is 1. The summed E-state index contributed by atoms with van der Waals surface area (Å²) in [5.74, 6) is 0. The highest BCUT2D eigenvalue weighted by atomic mass is 15.2. The summed E-state index contributed by atoms with van der Waals surface area (Å²) in [6.07, 6.45) is 3.40. The van der Waals surface area contributed by atoms with Gasteiger partial charge in [-0.1, -0.05) is 12.1 Å². The number of fused-ring (bicyclic) bond motifs is 1. The number of hydrogen-bond acceptors (Lipinski definition) is 4. The van der Waals surface area contributed by atoms with Gasteiger partial charge in [0.05, 0.1) is 0 Å². The van der Waals surface area contributed by atoms with E-state index in [0.29, 0.717) is 0 Å². The van der Waals surface area contributed by atoms with E-state index in [1.807, 2.05) is 6.20 Å². The maximum absolute atomic E-state index is 4.25. The van der Waals surface area contributed by atoms with Crippen LogP contribution < -0.4 is 4.90 Å². The van der Waals surface area contributed by atoms with E-state index in [1.165, 1.54) is 11.3 Å². The smallest absolute Gasteiger partial charge is 0.141 e. The van der Waals surface area contributed by atoms with E-state index < -0.39 is 0 Å². The standard InChI is InChI=1S/C17H19N5/c1-21-6-8-22(9-7-21)15-4-2-13(3-5-15)16-10-14-11-18-12-19-17(14)20-16/h2-5,10-12H,6-9H2,1H3,(H,18,19,20). The molecule has 1 aromatic carbocycles. The van der Waals surface area contributed by atoms with E-state index in [1.54, 1.807) is 6.33 Å². The highest BCUT2D eigenvalue weighted by Gasteiger charge is 2.14. The average Bonchev–Trinajstić information content (AvgIpc) is 3.00. The Morgan fingerprint density at radius 2 is 1.82 bits per heavy atom. The van der Waals surface area contributed by atoms with E-state index in [0.717, 1.165) is 42.9 Å². The zero-order chi connectivity index (χ0) is 14.9. The van der Waals surface area contributed by atoms with Crippen LogP contribution in [0.2, 0.25) is 0 Å². The van der Waals surface area contributed by atoms with Gasteiger partial charge < -0.3 is 14.8 Å². The molecule has 3 heterocycles. The highest BCUT2D eigenvalue weighted by molar-refractivity contribution is 5.82. The van der Waals surface area contributed by atoms with Crippen LogP contribution in [0.5, 0.6) is 0 Å². The van der Waals surface area contributed by atoms with Crippen LogP contribution in [-0.2, 0) is 0 Å². The summed E-state index contributed by atoms with van der Waals surface area (Å²) < 4.78 is 0. The van der Waals surface area contributed by atoms with Gasteiger partial charge in [-0.15, -0.1) is 0 Å². The van der Waals surface area contributed by atoms with Crippen molar-refractivity contribution in [2.24, 2.45) is 0 Å². The molecule has 0 saturated carbocycles. The Morgan fingerprint density at radius 3 is 2.55 bits per heavy atom. The first-order valence-corrected chi connectivity index (χ1v) is 7.62. The summed E-state index contributed by atoms with van der Waals surface area (Å²) in [4.78, 5) is 16.5. The fourth-order valence-corrected chi connectivity index (χ4v) is 2.94. The van der Waals surface area contributed by atoms with Gasteiger partial charge in [-0.05, 0) is 30.8 Å². The molecule has 0 bridgehead atoms. The molecule has 1 saturated heterocycles. The summed E-state index contributed by atoms with van der Waals surface area (Å²) >= 11 is 0. The lowest BCUT2D eigenvalue weighted by atomic mass is 10.1. The van der Waals surface area contributed by atoms with Crippen LogP contribution in [0.15, 0.2) is 42.9 Å². The molecule has 4 rings (SSSR count). The van der Waals surface area contributed by atoms with Gasteiger partial charge in [-0.3, -0.25) is 0 Å². The van der Waals surface area contributed by atoms with E-state index in [2.05, 4.69) is 62.1 Å². The molecule has 1 aliphatic heterocycles. The van der Waals surface area contributed by atoms with Gasteiger partial charge in [0.2, 0.25) is 0 Å². The quantitative estimate of drug-likeness (QED) is 0.788. The molecule has 0 unspecified atom stereocenters. The average molecular weight is 293 g/mol. The Morgan fingerprint density at radius 1 is 1.05 bits per heavy atom. The number of anilines is 1. The summed E-state index contributed by atoms with van der Waals surface area (Å²) in [5.41, 5.74) is 4.44. The minimum Gasteiger partial charge on any atom is -0.369 e. The minimum absolute atomic E-state index is 0.883. The molecular formula is C17H19N5. The molecule has 3 aromatic rings. The van der Waals surface area contributed by atoms with Crippen molar-refractivity contribution >= 4 is 16.7 Å². The molecule has 5 heteroatoms. The summed E-state index contributed by atoms with van der Waals surface area (Å²) in [5, 5.41) is 1.04. The maximum Gasteiger partial charge on any atom is 0.141 e. The van der Waals surface area contributed by atoms with Gasteiger partial charge in [0.1, 0.15) is 12.0 Å². The van der Waals surface area contributed by atoms with Crippen molar-refractivity contribution in [1.29, 1.82) is 0 Å². The number of nitrogens with zero attached hydrogens (tertiary/aromatic N) is 4.